The van der Waals surface area contributed by atoms with E-state index in [9.17, 15) is 21.6 Å². The van der Waals surface area contributed by atoms with Gasteiger partial charge in [-0.1, -0.05) is 26.0 Å². The summed E-state index contributed by atoms with van der Waals surface area (Å²) in [4.78, 5) is 16.8. The lowest BCUT2D eigenvalue weighted by Crippen LogP contribution is -2.35. The maximum Gasteiger partial charge on any atom is 0.333 e. The van der Waals surface area contributed by atoms with E-state index in [0.717, 1.165) is 111 Å². The highest BCUT2D eigenvalue weighted by Gasteiger charge is 2.29. The average Bonchev–Trinajstić information content (AvgIpc) is 4.05. The molecule has 2 atom stereocenters. The van der Waals surface area contributed by atoms with Gasteiger partial charge in [0.2, 0.25) is 0 Å². The summed E-state index contributed by atoms with van der Waals surface area (Å²) in [5, 5.41) is 24.5. The van der Waals surface area contributed by atoms with Gasteiger partial charge in [0.15, 0.2) is 10.1 Å². The van der Waals surface area contributed by atoms with Crippen LogP contribution >= 0.6 is 0 Å². The third-order valence-corrected chi connectivity index (χ3v) is 14.5. The number of primary sulfonamides is 1. The molecule has 62 heavy (non-hydrogen) atoms. The Kier molecular flexibility index (Phi) is 14.5. The maximum absolute atomic E-state index is 12.9. The zero-order valence-corrected chi connectivity index (χ0v) is 39.0. The third-order valence-electron chi connectivity index (χ3n) is 12.6. The molecular weight excluding hydrogens is 829 g/mol. The molecule has 4 N–H and O–H groups in total. The number of amides is 2. The van der Waals surface area contributed by atoms with Gasteiger partial charge in [0.25, 0.3) is 26.3 Å². The largest absolute Gasteiger partial charge is 0.387 e. The van der Waals surface area contributed by atoms with Gasteiger partial charge in [-0.2, -0.15) is 18.6 Å². The number of hydrogen-bond acceptors (Lipinski definition) is 11. The van der Waals surface area contributed by atoms with Crippen LogP contribution in [0.4, 0.5) is 10.5 Å². The Bertz CT molecular complexity index is 2510. The predicted molar refractivity (Wildman–Crippen MR) is 238 cm³/mol. The number of nitrogens with zero attached hydrogens (tertiary/aromatic N) is 7. The number of benzene rings is 2. The van der Waals surface area contributed by atoms with Gasteiger partial charge in [-0.25, -0.2) is 23.1 Å². The molecule has 8 rings (SSSR count). The first-order valence-corrected chi connectivity index (χ1v) is 24.6. The van der Waals surface area contributed by atoms with Crippen molar-refractivity contribution in [2.24, 2.45) is 19.2 Å². The van der Waals surface area contributed by atoms with Gasteiger partial charge in [-0.05, 0) is 163 Å². The Morgan fingerprint density at radius 2 is 1.13 bits per heavy atom. The normalized spacial score (nSPS) is 16.0. The number of sulfonamides is 2. The lowest BCUT2D eigenvalue weighted by atomic mass is 9.99. The first kappa shape index (κ1) is 46.7. The van der Waals surface area contributed by atoms with Crippen molar-refractivity contribution in [3.63, 3.8) is 0 Å². The van der Waals surface area contributed by atoms with Gasteiger partial charge in [0, 0.05) is 31.9 Å². The van der Waals surface area contributed by atoms with Crippen molar-refractivity contribution in [1.29, 1.82) is 5.26 Å². The lowest BCUT2D eigenvalue weighted by Gasteiger charge is -2.22. The molecule has 4 aromatic rings. The van der Waals surface area contributed by atoms with Gasteiger partial charge in [0.1, 0.15) is 5.75 Å². The molecule has 2 unspecified atom stereocenters. The summed E-state index contributed by atoms with van der Waals surface area (Å²) in [7, 11) is 3.40. The second-order valence-corrected chi connectivity index (χ2v) is 20.2. The first-order chi connectivity index (χ1) is 29.4. The van der Waals surface area contributed by atoms with E-state index in [2.05, 4.69) is 32.4 Å². The zero-order chi connectivity index (χ0) is 45.1. The summed E-state index contributed by atoms with van der Waals surface area (Å²) in [6.07, 6.45) is 16.4. The van der Waals surface area contributed by atoms with Crippen LogP contribution in [0, 0.1) is 11.5 Å². The van der Waals surface area contributed by atoms with Crippen LogP contribution in [0.5, 0.6) is 5.75 Å². The molecule has 2 amide bonds. The number of anilines is 1. The molecule has 18 heteroatoms. The number of hydrogen-bond donors (Lipinski definition) is 3. The number of nitriles is 1. The minimum atomic E-state index is -4.09. The summed E-state index contributed by atoms with van der Waals surface area (Å²) in [5.41, 5.74) is 12.8. The van der Waals surface area contributed by atoms with Crippen molar-refractivity contribution < 1.29 is 26.4 Å². The maximum atomic E-state index is 12.9. The fourth-order valence-electron chi connectivity index (χ4n) is 9.69. The molecule has 2 aromatic heterocycles. The second-order valence-electron chi connectivity index (χ2n) is 17.1. The van der Waals surface area contributed by atoms with Gasteiger partial charge in [0.05, 0.1) is 23.5 Å². The molecule has 0 aliphatic heterocycles. The first-order valence-electron chi connectivity index (χ1n) is 21.5. The van der Waals surface area contributed by atoms with E-state index in [0.29, 0.717) is 0 Å². The Labute approximate surface area is 366 Å². The topological polar surface area (TPSA) is 211 Å². The molecule has 0 fully saturated rings. The van der Waals surface area contributed by atoms with Gasteiger partial charge < -0.3 is 19.9 Å². The number of aromatic nitrogens is 4. The number of rotatable bonds is 11. The molecule has 4 aliphatic carbocycles. The number of nitrogens with two attached hydrogens (primary N) is 1. The van der Waals surface area contributed by atoms with Crippen LogP contribution in [-0.4, -0.2) is 80.4 Å². The Hall–Kier alpha value is -4.80. The van der Waals surface area contributed by atoms with Crippen molar-refractivity contribution in [3.8, 4) is 12.0 Å². The number of aryl methyl sites for hydroxylation is 6. The monoisotopic (exact) mass is 890 g/mol. The van der Waals surface area contributed by atoms with Crippen molar-refractivity contribution >= 4 is 31.8 Å². The van der Waals surface area contributed by atoms with E-state index < -0.39 is 26.1 Å². The standard InChI is InChI=1S/C22H31N5O3S.C13H13NO.C9H18N4O2S/c1-5-18(26(2)3)19-13-20(24-27(19)4)31(29,30)25-22(28)23-21-16-10-6-8-14(16)12-15-9-7-11-17(15)21;14-8-15-13-11-5-1-3-9(11)7-10-4-2-6-12(10)13;1-5-7(12(2)3)8-6-9(11-13(8)4)16(10,14)15/h12-13,18H,5-11H2,1-4H3,(H2,23,25,28);7H,1-6H2;6-7H,5H2,1-4H3,(H2,10,14,15). The minimum Gasteiger partial charge on any atom is -0.387 e. The summed E-state index contributed by atoms with van der Waals surface area (Å²) < 4.78 is 58.6. The molecule has 0 spiro atoms. The predicted octanol–water partition coefficient (Wildman–Crippen LogP) is 5.52. The van der Waals surface area contributed by atoms with Crippen LogP contribution in [0.15, 0.2) is 34.3 Å². The fourth-order valence-corrected chi connectivity index (χ4v) is 11.1. The van der Waals surface area contributed by atoms with E-state index in [1.165, 1.54) is 52.3 Å². The van der Waals surface area contributed by atoms with Crippen LogP contribution in [0.1, 0.15) is 120 Å². The highest BCUT2D eigenvalue weighted by molar-refractivity contribution is 7.90. The van der Waals surface area contributed by atoms with Crippen molar-refractivity contribution in [1.82, 2.24) is 34.1 Å². The quantitative estimate of drug-likeness (QED) is 0.160. The van der Waals surface area contributed by atoms with E-state index in [4.69, 9.17) is 15.1 Å². The van der Waals surface area contributed by atoms with Gasteiger partial charge in [-0.15, -0.1) is 5.26 Å². The van der Waals surface area contributed by atoms with Gasteiger partial charge >= 0.3 is 6.03 Å². The number of ether oxygens (including phenoxy) is 1. The number of fused-ring (bicyclic) bond motifs is 4. The van der Waals surface area contributed by atoms with Gasteiger partial charge in [-0.3, -0.25) is 9.36 Å². The highest BCUT2D eigenvalue weighted by atomic mass is 32.2. The van der Waals surface area contributed by atoms with Crippen LogP contribution in [-0.2, 0) is 85.5 Å². The summed E-state index contributed by atoms with van der Waals surface area (Å²) >= 11 is 0. The third kappa shape index (κ3) is 10.0. The van der Waals surface area contributed by atoms with E-state index in [-0.39, 0.29) is 22.1 Å². The Morgan fingerprint density at radius 1 is 0.726 bits per heavy atom. The molecule has 0 saturated heterocycles. The average molecular weight is 891 g/mol. The molecule has 2 heterocycles. The molecule has 4 aliphatic rings. The number of carbonyl (C=O) groups excluding carboxylic acids is 1. The Balaban J connectivity index is 0.000000173. The summed E-state index contributed by atoms with van der Waals surface area (Å²) in [6.45, 7) is 4.07. The van der Waals surface area contributed by atoms with E-state index in [1.807, 2.05) is 58.1 Å². The van der Waals surface area contributed by atoms with Crippen molar-refractivity contribution in [3.05, 3.63) is 80.2 Å². The molecule has 2 aromatic carbocycles. The number of nitrogens with one attached hydrogen (secondary N) is 2. The van der Waals surface area contributed by atoms with Crippen LogP contribution in [0.25, 0.3) is 0 Å². The molecule has 0 radical (unpaired) electrons. The summed E-state index contributed by atoms with van der Waals surface area (Å²) in [5.74, 6) is 0.903. The van der Waals surface area contributed by atoms with Crippen LogP contribution in [0.3, 0.4) is 0 Å². The lowest BCUT2D eigenvalue weighted by molar-refractivity contribution is 0.256. The fraction of sp³-hybridized carbons (Fsp3) is 0.545. The van der Waals surface area contributed by atoms with E-state index in [1.54, 1.807) is 29.5 Å². The molecule has 336 valence electrons. The molecule has 16 nitrogen and oxygen atoms in total. The number of urea groups is 1. The second kappa shape index (κ2) is 19.3. The SMILES string of the molecule is CCC(c1cc(S(=O)(=O)NC(=O)Nc2c3c(cc4c2CCC4)CCC3)nn1C)N(C)C.CCC(c1cc(S(N)(=O)=O)nn1C)N(C)C.N#COc1c2c(cc3c1CCC3)CCC2. The molecule has 0 bridgehead atoms. The Morgan fingerprint density at radius 3 is 1.52 bits per heavy atom. The summed E-state index contributed by atoms with van der Waals surface area (Å²) in [6, 6.07) is 7.12. The number of carbonyl (C=O) groups is 1. The minimum absolute atomic E-state index is 0.0322. The molecular formula is C44H62N10O6S2. The van der Waals surface area contributed by atoms with Crippen molar-refractivity contribution in [2.45, 2.75) is 126 Å². The molecule has 0 saturated carbocycles. The zero-order valence-electron chi connectivity index (χ0n) is 37.3. The smallest absolute Gasteiger partial charge is 0.333 e. The van der Waals surface area contributed by atoms with E-state index >= 15 is 0 Å². The van der Waals surface area contributed by atoms with Crippen molar-refractivity contribution in [2.75, 3.05) is 33.5 Å². The highest BCUT2D eigenvalue weighted by Crippen LogP contribution is 2.41. The van der Waals surface area contributed by atoms with Crippen LogP contribution < -0.4 is 19.9 Å². The van der Waals surface area contributed by atoms with Crippen LogP contribution in [0.2, 0.25) is 0 Å².